The smallest absolute Gasteiger partial charge is 0.282 e. The van der Waals surface area contributed by atoms with Gasteiger partial charge in [0.15, 0.2) is 0 Å². The van der Waals surface area contributed by atoms with Gasteiger partial charge in [0, 0.05) is 0 Å². The summed E-state index contributed by atoms with van der Waals surface area (Å²) in [5.41, 5.74) is 2.07. The van der Waals surface area contributed by atoms with Crippen LogP contribution in [0.3, 0.4) is 0 Å². The maximum absolute atomic E-state index is 12.2. The largest absolute Gasteiger partial charge is 0.294 e. The van der Waals surface area contributed by atoms with Crippen molar-refractivity contribution in [1.82, 2.24) is 0 Å². The predicted molar refractivity (Wildman–Crippen MR) is 165 cm³/mol. The Balaban J connectivity index is 1.86. The maximum Gasteiger partial charge on any atom is 0.294 e. The van der Waals surface area contributed by atoms with Crippen LogP contribution < -0.4 is 0 Å². The molecule has 0 amide bonds. The van der Waals surface area contributed by atoms with Gasteiger partial charge in [-0.3, -0.25) is 4.55 Å². The van der Waals surface area contributed by atoms with Gasteiger partial charge in [-0.15, -0.1) is 0 Å². The summed E-state index contributed by atoms with van der Waals surface area (Å²) >= 11 is 0. The zero-order chi connectivity index (χ0) is 27.5. The Morgan fingerprint density at radius 1 is 0.553 bits per heavy atom. The third-order valence-electron chi connectivity index (χ3n) is 8.03. The highest BCUT2D eigenvalue weighted by molar-refractivity contribution is 7.85. The van der Waals surface area contributed by atoms with Crippen molar-refractivity contribution in [2.75, 3.05) is 0 Å². The first-order valence-corrected chi connectivity index (χ1v) is 17.4. The zero-order valence-corrected chi connectivity index (χ0v) is 25.4. The van der Waals surface area contributed by atoms with Gasteiger partial charge in [0.2, 0.25) is 0 Å². The Morgan fingerprint density at radius 3 is 1.45 bits per heavy atom. The van der Waals surface area contributed by atoms with Gasteiger partial charge < -0.3 is 0 Å². The van der Waals surface area contributed by atoms with Gasteiger partial charge in [-0.05, 0) is 53.6 Å². The molecule has 2 rings (SSSR count). The Bertz CT molecular complexity index is 996. The molecule has 38 heavy (non-hydrogen) atoms. The highest BCUT2D eigenvalue weighted by atomic mass is 32.2. The Morgan fingerprint density at radius 2 is 0.974 bits per heavy atom. The second kappa shape index (κ2) is 19.6. The summed E-state index contributed by atoms with van der Waals surface area (Å²) in [6, 6.07) is 9.92. The highest BCUT2D eigenvalue weighted by Gasteiger charge is 2.18. The van der Waals surface area contributed by atoms with E-state index in [9.17, 15) is 13.0 Å². The van der Waals surface area contributed by atoms with E-state index in [0.29, 0.717) is 6.42 Å². The second-order valence-corrected chi connectivity index (χ2v) is 12.8. The van der Waals surface area contributed by atoms with Gasteiger partial charge in [0.1, 0.15) is 0 Å². The number of hydrogen-bond acceptors (Lipinski definition) is 2. The van der Waals surface area contributed by atoms with Gasteiger partial charge in [-0.1, -0.05) is 154 Å². The van der Waals surface area contributed by atoms with Crippen LogP contribution in [0.2, 0.25) is 0 Å². The number of benzene rings is 2. The lowest BCUT2D eigenvalue weighted by Gasteiger charge is -2.13. The second-order valence-electron chi connectivity index (χ2n) is 11.4. The van der Waals surface area contributed by atoms with Crippen molar-refractivity contribution in [3.05, 3.63) is 41.5 Å². The summed E-state index contributed by atoms with van der Waals surface area (Å²) in [5, 5.41) is 2.06. The Kier molecular flexibility index (Phi) is 17.0. The molecule has 0 aliphatic rings. The van der Waals surface area contributed by atoms with Gasteiger partial charge in [0.25, 0.3) is 10.1 Å². The lowest BCUT2D eigenvalue weighted by atomic mass is 9.95. The molecule has 0 atom stereocenters. The van der Waals surface area contributed by atoms with E-state index >= 15 is 0 Å². The molecule has 0 aliphatic heterocycles. The van der Waals surface area contributed by atoms with Gasteiger partial charge >= 0.3 is 0 Å². The highest BCUT2D eigenvalue weighted by Crippen LogP contribution is 2.29. The van der Waals surface area contributed by atoms with Crippen LogP contribution in [0.4, 0.5) is 0 Å². The van der Waals surface area contributed by atoms with Crippen molar-refractivity contribution in [1.29, 1.82) is 0 Å². The van der Waals surface area contributed by atoms with Crippen LogP contribution in [0.25, 0.3) is 10.8 Å². The number of unbranched alkanes of at least 4 members (excludes halogenated alkanes) is 18. The SMILES string of the molecule is CCCCCCCCCCCCc1ccc2ccc(S(=O)(=O)O)c(CCCCCCCCCCCC)c2c1. The van der Waals surface area contributed by atoms with Crippen LogP contribution in [0.5, 0.6) is 0 Å². The summed E-state index contributed by atoms with van der Waals surface area (Å²) in [4.78, 5) is 0.0945. The average molecular weight is 545 g/mol. The van der Waals surface area contributed by atoms with Crippen molar-refractivity contribution in [2.45, 2.75) is 160 Å². The van der Waals surface area contributed by atoms with Crippen LogP contribution in [0, 0.1) is 0 Å². The molecule has 0 aromatic heterocycles. The summed E-state index contributed by atoms with van der Waals surface area (Å²) in [7, 11) is -4.24. The fourth-order valence-corrected chi connectivity index (χ4v) is 6.43. The van der Waals surface area contributed by atoms with Crippen molar-refractivity contribution in [2.24, 2.45) is 0 Å². The molecule has 216 valence electrons. The normalized spacial score (nSPS) is 12.0. The molecule has 0 aliphatic carbocycles. The van der Waals surface area contributed by atoms with E-state index in [4.69, 9.17) is 0 Å². The molecule has 1 N–H and O–H groups in total. The van der Waals surface area contributed by atoms with Crippen LogP contribution in [-0.4, -0.2) is 13.0 Å². The molecule has 0 heterocycles. The van der Waals surface area contributed by atoms with Gasteiger partial charge in [-0.25, -0.2) is 0 Å². The van der Waals surface area contributed by atoms with E-state index in [0.717, 1.165) is 35.6 Å². The van der Waals surface area contributed by atoms with Gasteiger partial charge in [-0.2, -0.15) is 8.42 Å². The van der Waals surface area contributed by atoms with Crippen LogP contribution in [-0.2, 0) is 23.0 Å². The molecular weight excluding hydrogens is 488 g/mol. The van der Waals surface area contributed by atoms with E-state index in [1.165, 1.54) is 121 Å². The fourth-order valence-electron chi connectivity index (χ4n) is 5.67. The van der Waals surface area contributed by atoms with Crippen molar-refractivity contribution in [3.8, 4) is 0 Å². The minimum atomic E-state index is -4.24. The minimum absolute atomic E-state index is 0.0945. The van der Waals surface area contributed by atoms with Crippen LogP contribution in [0.15, 0.2) is 35.2 Å². The number of hydrogen-bond donors (Lipinski definition) is 1. The maximum atomic E-state index is 12.2. The monoisotopic (exact) mass is 544 g/mol. The third kappa shape index (κ3) is 13.1. The predicted octanol–water partition coefficient (Wildman–Crippen LogP) is 11.0. The topological polar surface area (TPSA) is 54.4 Å². The molecule has 3 nitrogen and oxygen atoms in total. The first-order valence-electron chi connectivity index (χ1n) is 16.0. The molecule has 0 radical (unpaired) electrons. The van der Waals surface area contributed by atoms with Gasteiger partial charge in [0.05, 0.1) is 4.90 Å². The molecule has 0 bridgehead atoms. The minimum Gasteiger partial charge on any atom is -0.282 e. The number of aryl methyl sites for hydroxylation is 2. The summed E-state index contributed by atoms with van der Waals surface area (Å²) in [5.74, 6) is 0. The molecule has 0 saturated heterocycles. The lowest BCUT2D eigenvalue weighted by molar-refractivity contribution is 0.482. The van der Waals surface area contributed by atoms with Crippen molar-refractivity contribution >= 4 is 20.9 Å². The summed E-state index contributed by atoms with van der Waals surface area (Å²) in [6.07, 6.45) is 27.5. The van der Waals surface area contributed by atoms with E-state index in [1.54, 1.807) is 6.07 Å². The first kappa shape index (κ1) is 32.8. The van der Waals surface area contributed by atoms with Crippen LogP contribution in [0.1, 0.15) is 153 Å². The quantitative estimate of drug-likeness (QED) is 0.112. The molecular formula is C34H56O3S. The van der Waals surface area contributed by atoms with E-state index in [1.807, 2.05) is 6.07 Å². The van der Waals surface area contributed by atoms with Crippen LogP contribution >= 0.6 is 0 Å². The molecule has 0 unspecified atom stereocenters. The molecule has 2 aromatic carbocycles. The Labute approximate surface area is 235 Å². The Hall–Kier alpha value is -1.39. The van der Waals surface area contributed by atoms with Crippen molar-refractivity contribution < 1.29 is 13.0 Å². The van der Waals surface area contributed by atoms with E-state index in [2.05, 4.69) is 32.0 Å². The molecule has 0 saturated carbocycles. The summed E-state index contributed by atoms with van der Waals surface area (Å²) in [6.45, 7) is 4.52. The third-order valence-corrected chi connectivity index (χ3v) is 8.97. The number of rotatable bonds is 23. The lowest BCUT2D eigenvalue weighted by Crippen LogP contribution is -2.04. The molecule has 4 heteroatoms. The fraction of sp³-hybridized carbons (Fsp3) is 0.706. The molecule has 2 aromatic rings. The van der Waals surface area contributed by atoms with Crippen molar-refractivity contribution in [3.63, 3.8) is 0 Å². The van der Waals surface area contributed by atoms with E-state index < -0.39 is 10.1 Å². The standard InChI is InChI=1S/C34H56O3S/c1-3-5-7-9-11-13-15-17-19-21-23-30-25-26-31-27-28-34(38(35,36)37)32(33(31)29-30)24-22-20-18-16-14-12-10-8-6-4-2/h25-29H,3-24H2,1-2H3,(H,35,36,37). The molecule has 0 spiro atoms. The van der Waals surface area contributed by atoms with E-state index in [-0.39, 0.29) is 4.90 Å². The molecule has 0 fully saturated rings. The summed E-state index contributed by atoms with van der Waals surface area (Å²) < 4.78 is 34.3. The average Bonchev–Trinajstić information content (AvgIpc) is 2.90. The number of fused-ring (bicyclic) bond motifs is 1. The zero-order valence-electron chi connectivity index (χ0n) is 24.6. The first-order chi connectivity index (χ1) is 18.5.